The van der Waals surface area contributed by atoms with E-state index in [4.69, 9.17) is 0 Å². The van der Waals surface area contributed by atoms with Crippen LogP contribution in [0.5, 0.6) is 0 Å². The molecule has 0 aliphatic carbocycles. The first-order chi connectivity index (χ1) is 19.4. The molecule has 0 aliphatic heterocycles. The number of hydrogen-bond acceptors (Lipinski definition) is 4. The van der Waals surface area contributed by atoms with Crippen molar-refractivity contribution in [2.24, 2.45) is 0 Å². The van der Waals surface area contributed by atoms with E-state index in [1.165, 1.54) is 55.4 Å². The number of anilines is 1. The molecule has 2 atom stereocenters. The summed E-state index contributed by atoms with van der Waals surface area (Å²) in [5, 5.41) is 2.90. The van der Waals surface area contributed by atoms with Gasteiger partial charge in [-0.25, -0.2) is 13.1 Å². The van der Waals surface area contributed by atoms with E-state index < -0.39 is 46.2 Å². The Balaban J connectivity index is 2.12. The van der Waals surface area contributed by atoms with Gasteiger partial charge in [0.2, 0.25) is 11.8 Å². The number of para-hydroxylation sites is 1. The fraction of sp³-hybridized carbons (Fsp3) is 0.333. The zero-order valence-corrected chi connectivity index (χ0v) is 24.4. The normalized spacial score (nSPS) is 13.0. The number of carbonyl (C=O) groups excluding carboxylic acids is 2. The third kappa shape index (κ3) is 8.11. The minimum absolute atomic E-state index is 0.0867. The molecule has 0 unspecified atom stereocenters. The van der Waals surface area contributed by atoms with Crippen LogP contribution in [0.3, 0.4) is 0 Å². The topological polar surface area (TPSA) is 90.0 Å². The van der Waals surface area contributed by atoms with Crippen molar-refractivity contribution >= 4 is 27.7 Å². The zero-order valence-electron chi connectivity index (χ0n) is 23.6. The van der Waals surface area contributed by atoms with E-state index in [1.54, 1.807) is 30.3 Å². The summed E-state index contributed by atoms with van der Waals surface area (Å²) in [6.07, 6.45) is 0.719. The van der Waals surface area contributed by atoms with Crippen LogP contribution in [0.2, 0.25) is 0 Å². The van der Waals surface area contributed by atoms with Crippen LogP contribution in [0.1, 0.15) is 31.4 Å². The van der Waals surface area contributed by atoms with Crippen LogP contribution < -0.4 is 9.62 Å². The Kier molecular flexibility index (Phi) is 11.0. The van der Waals surface area contributed by atoms with Crippen molar-refractivity contribution in [1.29, 1.82) is 0 Å². The highest BCUT2D eigenvalue weighted by Gasteiger charge is 2.36. The number of rotatable bonds is 13. The van der Waals surface area contributed by atoms with Gasteiger partial charge < -0.3 is 10.2 Å². The molecule has 2 amide bonds. The molecule has 220 valence electrons. The SMILES string of the molecule is CC[C@@H](C)NC(=O)[C@H](Cc1ccccc1)N(Cc1ccccc1F)C(=O)CN(c1ccccc1F)S(=O)(=O)N(C)C. The molecular formula is C30H36F2N4O4S. The summed E-state index contributed by atoms with van der Waals surface area (Å²) in [6.45, 7) is 2.59. The van der Waals surface area contributed by atoms with Crippen LogP contribution in [0.15, 0.2) is 78.9 Å². The minimum atomic E-state index is -4.35. The van der Waals surface area contributed by atoms with Gasteiger partial charge in [-0.05, 0) is 37.1 Å². The Bertz CT molecular complexity index is 1440. The first kappa shape index (κ1) is 31.7. The fourth-order valence-electron chi connectivity index (χ4n) is 4.16. The van der Waals surface area contributed by atoms with E-state index in [0.717, 1.165) is 15.9 Å². The molecule has 41 heavy (non-hydrogen) atoms. The molecule has 0 spiro atoms. The summed E-state index contributed by atoms with van der Waals surface area (Å²) in [4.78, 5) is 28.9. The van der Waals surface area contributed by atoms with E-state index in [1.807, 2.05) is 19.9 Å². The first-order valence-electron chi connectivity index (χ1n) is 13.3. The van der Waals surface area contributed by atoms with Crippen LogP contribution in [-0.4, -0.2) is 62.2 Å². The van der Waals surface area contributed by atoms with Gasteiger partial charge in [-0.1, -0.05) is 67.6 Å². The second kappa shape index (κ2) is 14.2. The quantitative estimate of drug-likeness (QED) is 0.326. The Labute approximate surface area is 240 Å². The predicted octanol–water partition coefficient (Wildman–Crippen LogP) is 4.13. The molecule has 0 heterocycles. The Morgan fingerprint density at radius 3 is 2.05 bits per heavy atom. The standard InChI is InChI=1S/C30H36F2N4O4S/c1-5-22(2)33-30(38)28(19-23-13-7-6-8-14-23)35(20-24-15-9-10-16-25(24)31)29(37)21-36(41(39,40)34(3)4)27-18-12-11-17-26(27)32/h6-18,22,28H,5,19-21H2,1-4H3,(H,33,38)/t22-,28+/m1/s1. The minimum Gasteiger partial charge on any atom is -0.352 e. The molecule has 0 aromatic heterocycles. The number of nitrogens with zero attached hydrogens (tertiary/aromatic N) is 3. The number of halogens is 2. The van der Waals surface area contributed by atoms with Gasteiger partial charge in [-0.3, -0.25) is 9.59 Å². The average molecular weight is 587 g/mol. The number of nitrogens with one attached hydrogen (secondary N) is 1. The van der Waals surface area contributed by atoms with Crippen molar-refractivity contribution in [3.63, 3.8) is 0 Å². The lowest BCUT2D eigenvalue weighted by Crippen LogP contribution is -2.55. The number of amides is 2. The second-order valence-corrected chi connectivity index (χ2v) is 12.0. The number of benzene rings is 3. The molecule has 3 aromatic carbocycles. The van der Waals surface area contributed by atoms with Gasteiger partial charge in [-0.15, -0.1) is 0 Å². The molecule has 8 nitrogen and oxygen atoms in total. The summed E-state index contributed by atoms with van der Waals surface area (Å²) in [5.41, 5.74) is 0.558. The first-order valence-corrected chi connectivity index (χ1v) is 14.7. The van der Waals surface area contributed by atoms with Crippen molar-refractivity contribution in [2.75, 3.05) is 24.9 Å². The van der Waals surface area contributed by atoms with Crippen LogP contribution >= 0.6 is 0 Å². The highest BCUT2D eigenvalue weighted by atomic mass is 32.2. The molecule has 0 aliphatic rings. The molecule has 0 bridgehead atoms. The van der Waals surface area contributed by atoms with Gasteiger partial charge in [0.25, 0.3) is 0 Å². The average Bonchev–Trinajstić information content (AvgIpc) is 2.95. The molecule has 11 heteroatoms. The third-order valence-electron chi connectivity index (χ3n) is 6.71. The van der Waals surface area contributed by atoms with Crippen molar-refractivity contribution in [2.45, 2.75) is 45.3 Å². The molecule has 3 aromatic rings. The summed E-state index contributed by atoms with van der Waals surface area (Å²) >= 11 is 0. The summed E-state index contributed by atoms with van der Waals surface area (Å²) in [7, 11) is -1.81. The Morgan fingerprint density at radius 1 is 0.878 bits per heavy atom. The van der Waals surface area contributed by atoms with Crippen molar-refractivity contribution in [1.82, 2.24) is 14.5 Å². The molecule has 0 radical (unpaired) electrons. The smallest absolute Gasteiger partial charge is 0.304 e. The lowest BCUT2D eigenvalue weighted by molar-refractivity contribution is -0.140. The molecular weight excluding hydrogens is 550 g/mol. The fourth-order valence-corrected chi connectivity index (χ4v) is 5.23. The summed E-state index contributed by atoms with van der Waals surface area (Å²) < 4.78 is 57.9. The molecule has 0 saturated heterocycles. The summed E-state index contributed by atoms with van der Waals surface area (Å²) in [5.74, 6) is -2.71. The lowest BCUT2D eigenvalue weighted by atomic mass is 10.0. The maximum atomic E-state index is 14.9. The van der Waals surface area contributed by atoms with Gasteiger partial charge in [0.1, 0.15) is 24.2 Å². The monoisotopic (exact) mass is 586 g/mol. The van der Waals surface area contributed by atoms with Gasteiger partial charge >= 0.3 is 10.2 Å². The zero-order chi connectivity index (χ0) is 30.2. The Hall–Kier alpha value is -3.83. The van der Waals surface area contributed by atoms with Crippen molar-refractivity contribution in [3.8, 4) is 0 Å². The van der Waals surface area contributed by atoms with Crippen molar-refractivity contribution < 1.29 is 26.8 Å². The Morgan fingerprint density at radius 2 is 1.46 bits per heavy atom. The van der Waals surface area contributed by atoms with Gasteiger partial charge in [0.05, 0.1) is 5.69 Å². The lowest BCUT2D eigenvalue weighted by Gasteiger charge is -2.35. The van der Waals surface area contributed by atoms with Gasteiger partial charge in [-0.2, -0.15) is 12.7 Å². The van der Waals surface area contributed by atoms with Crippen LogP contribution in [0, 0.1) is 11.6 Å². The number of carbonyl (C=O) groups is 2. The summed E-state index contributed by atoms with van der Waals surface area (Å²) in [6, 6.07) is 18.7. The van der Waals surface area contributed by atoms with Crippen molar-refractivity contribution in [3.05, 3.63) is 102 Å². The largest absolute Gasteiger partial charge is 0.352 e. The maximum absolute atomic E-state index is 14.9. The maximum Gasteiger partial charge on any atom is 0.304 e. The predicted molar refractivity (Wildman–Crippen MR) is 155 cm³/mol. The molecule has 3 rings (SSSR count). The highest BCUT2D eigenvalue weighted by Crippen LogP contribution is 2.24. The van der Waals surface area contributed by atoms with Gasteiger partial charge in [0.15, 0.2) is 0 Å². The van der Waals surface area contributed by atoms with E-state index in [2.05, 4.69) is 5.32 Å². The molecule has 0 fully saturated rings. The highest BCUT2D eigenvalue weighted by molar-refractivity contribution is 7.90. The molecule has 0 saturated carbocycles. The second-order valence-electron chi connectivity index (χ2n) is 9.88. The van der Waals surface area contributed by atoms with Crippen LogP contribution in [-0.2, 0) is 32.8 Å². The van der Waals surface area contributed by atoms with E-state index >= 15 is 0 Å². The van der Waals surface area contributed by atoms with E-state index in [-0.39, 0.29) is 30.3 Å². The third-order valence-corrected chi connectivity index (χ3v) is 8.52. The van der Waals surface area contributed by atoms with Crippen LogP contribution in [0.4, 0.5) is 14.5 Å². The van der Waals surface area contributed by atoms with E-state index in [0.29, 0.717) is 10.7 Å². The van der Waals surface area contributed by atoms with Gasteiger partial charge in [0, 0.05) is 38.7 Å². The van der Waals surface area contributed by atoms with E-state index in [9.17, 15) is 26.8 Å². The molecule has 1 N–H and O–H groups in total. The van der Waals surface area contributed by atoms with Crippen LogP contribution in [0.25, 0.3) is 0 Å². The number of hydrogen-bond donors (Lipinski definition) is 1.